The van der Waals surface area contributed by atoms with Crippen molar-refractivity contribution in [3.8, 4) is 0 Å². The number of rotatable bonds is 2. The Bertz CT molecular complexity index is 461. The van der Waals surface area contributed by atoms with Crippen molar-refractivity contribution in [3.05, 3.63) is 34.4 Å². The third kappa shape index (κ3) is 2.81. The fourth-order valence-electron chi connectivity index (χ4n) is 1.45. The SMILES string of the molecule is O=Cc1cc(CO)cc(C(F)(F)F)c1C(F)(F)F. The number of benzene rings is 1. The Balaban J connectivity index is 3.69. The lowest BCUT2D eigenvalue weighted by atomic mass is 9.97. The van der Waals surface area contributed by atoms with Crippen molar-refractivity contribution >= 4 is 6.29 Å². The fraction of sp³-hybridized carbons (Fsp3) is 0.300. The number of aldehydes is 1. The standard InChI is InChI=1S/C10H6F6O2/c11-9(12,13)7-2-5(3-17)1-6(4-18)8(7)10(14,15)16/h1-2,4,17H,3H2. The van der Waals surface area contributed by atoms with Crippen LogP contribution in [0.1, 0.15) is 27.0 Å². The second-order valence-electron chi connectivity index (χ2n) is 3.38. The summed E-state index contributed by atoms with van der Waals surface area (Å²) in [6, 6.07) is 0.751. The first-order chi connectivity index (χ1) is 8.11. The van der Waals surface area contributed by atoms with Gasteiger partial charge in [0.2, 0.25) is 0 Å². The molecule has 1 N–H and O–H groups in total. The van der Waals surface area contributed by atoms with E-state index in [4.69, 9.17) is 5.11 Å². The summed E-state index contributed by atoms with van der Waals surface area (Å²) in [5.41, 5.74) is -5.59. The van der Waals surface area contributed by atoms with Gasteiger partial charge in [-0.2, -0.15) is 26.3 Å². The van der Waals surface area contributed by atoms with Crippen molar-refractivity contribution < 1.29 is 36.2 Å². The van der Waals surface area contributed by atoms with Crippen LogP contribution in [0, 0.1) is 0 Å². The van der Waals surface area contributed by atoms with E-state index < -0.39 is 41.2 Å². The normalized spacial score (nSPS) is 12.6. The van der Waals surface area contributed by atoms with Gasteiger partial charge in [-0.3, -0.25) is 4.79 Å². The molecule has 0 aliphatic carbocycles. The number of aliphatic hydroxyl groups is 1. The monoisotopic (exact) mass is 272 g/mol. The summed E-state index contributed by atoms with van der Waals surface area (Å²) in [6.07, 6.45) is -10.9. The fourth-order valence-corrected chi connectivity index (χ4v) is 1.45. The van der Waals surface area contributed by atoms with Crippen LogP contribution in [0.3, 0.4) is 0 Å². The van der Waals surface area contributed by atoms with Crippen molar-refractivity contribution in [2.45, 2.75) is 19.0 Å². The van der Waals surface area contributed by atoms with E-state index in [9.17, 15) is 31.1 Å². The average molecular weight is 272 g/mol. The van der Waals surface area contributed by atoms with Crippen LogP contribution in [0.4, 0.5) is 26.3 Å². The van der Waals surface area contributed by atoms with E-state index in [-0.39, 0.29) is 12.4 Å². The third-order valence-electron chi connectivity index (χ3n) is 2.13. The summed E-state index contributed by atoms with van der Waals surface area (Å²) in [5, 5.41) is 8.68. The molecule has 0 spiro atoms. The molecule has 0 aliphatic heterocycles. The summed E-state index contributed by atoms with van der Waals surface area (Å²) >= 11 is 0. The van der Waals surface area contributed by atoms with E-state index in [1.54, 1.807) is 0 Å². The number of aliphatic hydroxyl groups excluding tert-OH is 1. The van der Waals surface area contributed by atoms with Gasteiger partial charge in [-0.05, 0) is 17.7 Å². The maximum Gasteiger partial charge on any atom is 0.417 e. The van der Waals surface area contributed by atoms with Gasteiger partial charge < -0.3 is 5.11 Å². The molecule has 0 aliphatic rings. The largest absolute Gasteiger partial charge is 0.417 e. The third-order valence-corrected chi connectivity index (χ3v) is 2.13. The molecule has 0 bridgehead atoms. The van der Waals surface area contributed by atoms with E-state index in [2.05, 4.69) is 0 Å². The summed E-state index contributed by atoms with van der Waals surface area (Å²) in [7, 11) is 0. The molecule has 0 heterocycles. The summed E-state index contributed by atoms with van der Waals surface area (Å²) in [6.45, 7) is -0.901. The first-order valence-electron chi connectivity index (χ1n) is 4.48. The number of carbonyl (C=O) groups is 1. The van der Waals surface area contributed by atoms with Gasteiger partial charge >= 0.3 is 12.4 Å². The van der Waals surface area contributed by atoms with Crippen LogP contribution < -0.4 is 0 Å². The van der Waals surface area contributed by atoms with E-state index >= 15 is 0 Å². The van der Waals surface area contributed by atoms with Crippen molar-refractivity contribution in [3.63, 3.8) is 0 Å². The molecule has 0 unspecified atom stereocenters. The highest BCUT2D eigenvalue weighted by Crippen LogP contribution is 2.42. The van der Waals surface area contributed by atoms with Crippen LogP contribution in [0.25, 0.3) is 0 Å². The van der Waals surface area contributed by atoms with E-state index in [0.717, 1.165) is 0 Å². The van der Waals surface area contributed by atoms with Gasteiger partial charge in [0.05, 0.1) is 17.7 Å². The molecule has 1 rings (SSSR count). The molecule has 0 fully saturated rings. The van der Waals surface area contributed by atoms with Gasteiger partial charge in [0.15, 0.2) is 6.29 Å². The predicted octanol–water partition coefficient (Wildman–Crippen LogP) is 3.03. The molecule has 1 aromatic carbocycles. The quantitative estimate of drug-likeness (QED) is 0.663. The van der Waals surface area contributed by atoms with Gasteiger partial charge in [-0.25, -0.2) is 0 Å². The molecule has 0 aromatic heterocycles. The van der Waals surface area contributed by atoms with Crippen LogP contribution >= 0.6 is 0 Å². The van der Waals surface area contributed by atoms with Crippen molar-refractivity contribution in [1.82, 2.24) is 0 Å². The van der Waals surface area contributed by atoms with Gasteiger partial charge in [-0.15, -0.1) is 0 Å². The Hall–Kier alpha value is -1.57. The molecule has 0 amide bonds. The molecule has 18 heavy (non-hydrogen) atoms. The van der Waals surface area contributed by atoms with Crippen molar-refractivity contribution in [2.75, 3.05) is 0 Å². The van der Waals surface area contributed by atoms with Crippen molar-refractivity contribution in [2.24, 2.45) is 0 Å². The highest BCUT2D eigenvalue weighted by molar-refractivity contribution is 5.79. The van der Waals surface area contributed by atoms with E-state index in [1.807, 2.05) is 0 Å². The Morgan fingerprint density at radius 2 is 1.61 bits per heavy atom. The molecule has 1 aromatic rings. The summed E-state index contributed by atoms with van der Waals surface area (Å²) in [4.78, 5) is 10.5. The Kier molecular flexibility index (Phi) is 3.70. The smallest absolute Gasteiger partial charge is 0.392 e. The van der Waals surface area contributed by atoms with Gasteiger partial charge in [-0.1, -0.05) is 0 Å². The van der Waals surface area contributed by atoms with Gasteiger partial charge in [0.1, 0.15) is 0 Å². The van der Waals surface area contributed by atoms with Gasteiger partial charge in [0, 0.05) is 5.56 Å². The number of hydrogen-bond donors (Lipinski definition) is 1. The lowest BCUT2D eigenvalue weighted by Crippen LogP contribution is -2.19. The minimum Gasteiger partial charge on any atom is -0.392 e. The van der Waals surface area contributed by atoms with Crippen LogP contribution in [0.15, 0.2) is 12.1 Å². The lowest BCUT2D eigenvalue weighted by molar-refractivity contribution is -0.162. The molecule has 100 valence electrons. The van der Waals surface area contributed by atoms with Crippen LogP contribution in [0.5, 0.6) is 0 Å². The highest BCUT2D eigenvalue weighted by atomic mass is 19.4. The average Bonchev–Trinajstić information content (AvgIpc) is 2.24. The van der Waals surface area contributed by atoms with Crippen LogP contribution in [-0.4, -0.2) is 11.4 Å². The topological polar surface area (TPSA) is 37.3 Å². The number of carbonyl (C=O) groups excluding carboxylic acids is 1. The van der Waals surface area contributed by atoms with E-state index in [1.165, 1.54) is 0 Å². The predicted molar refractivity (Wildman–Crippen MR) is 47.8 cm³/mol. The zero-order valence-electron chi connectivity index (χ0n) is 8.56. The Morgan fingerprint density at radius 1 is 1.06 bits per heavy atom. The maximum absolute atomic E-state index is 12.5. The minimum atomic E-state index is -5.31. The zero-order chi connectivity index (χ0) is 14.1. The molecule has 0 atom stereocenters. The molecule has 8 heteroatoms. The molecular weight excluding hydrogens is 266 g/mol. The first kappa shape index (κ1) is 14.5. The Labute approximate surface area is 96.8 Å². The maximum atomic E-state index is 12.5. The molecule has 0 saturated carbocycles. The Morgan fingerprint density at radius 3 is 1.94 bits per heavy atom. The van der Waals surface area contributed by atoms with E-state index in [0.29, 0.717) is 6.07 Å². The summed E-state index contributed by atoms with van der Waals surface area (Å²) < 4.78 is 75.2. The molecule has 0 radical (unpaired) electrons. The lowest BCUT2D eigenvalue weighted by Gasteiger charge is -2.18. The molecule has 2 nitrogen and oxygen atoms in total. The summed E-state index contributed by atoms with van der Waals surface area (Å²) in [5.74, 6) is 0. The first-order valence-corrected chi connectivity index (χ1v) is 4.48. The molecule has 0 saturated heterocycles. The second-order valence-corrected chi connectivity index (χ2v) is 3.38. The number of alkyl halides is 6. The zero-order valence-corrected chi connectivity index (χ0v) is 8.56. The van der Waals surface area contributed by atoms with Crippen molar-refractivity contribution in [1.29, 1.82) is 0 Å². The number of halogens is 6. The van der Waals surface area contributed by atoms with Crippen LogP contribution in [-0.2, 0) is 19.0 Å². The van der Waals surface area contributed by atoms with Gasteiger partial charge in [0.25, 0.3) is 0 Å². The van der Waals surface area contributed by atoms with Crippen LogP contribution in [0.2, 0.25) is 0 Å². The highest BCUT2D eigenvalue weighted by Gasteiger charge is 2.45. The minimum absolute atomic E-state index is 0.176. The molecular formula is C10H6F6O2. The number of hydrogen-bond acceptors (Lipinski definition) is 2. The second kappa shape index (κ2) is 4.60.